The van der Waals surface area contributed by atoms with Gasteiger partial charge >= 0.3 is 0 Å². The van der Waals surface area contributed by atoms with Gasteiger partial charge in [-0.15, -0.1) is 0 Å². The molecule has 2 nitrogen and oxygen atoms in total. The number of aryl methyl sites for hydroxylation is 1. The molecule has 0 radical (unpaired) electrons. The summed E-state index contributed by atoms with van der Waals surface area (Å²) in [4.78, 5) is 0. The van der Waals surface area contributed by atoms with Crippen LogP contribution in [0, 0.1) is 17.5 Å². The third kappa shape index (κ3) is 2.82. The summed E-state index contributed by atoms with van der Waals surface area (Å²) in [6.07, 6.45) is 2.08. The molecule has 0 fully saturated rings. The van der Waals surface area contributed by atoms with Crippen LogP contribution < -0.4 is 10.6 Å². The highest BCUT2D eigenvalue weighted by Gasteiger charge is 2.14. The van der Waals surface area contributed by atoms with E-state index in [4.69, 9.17) is 0 Å². The van der Waals surface area contributed by atoms with Gasteiger partial charge in [0.15, 0.2) is 11.6 Å². The van der Waals surface area contributed by atoms with Gasteiger partial charge in [0.1, 0.15) is 5.82 Å². The molecule has 3 rings (SSSR count). The van der Waals surface area contributed by atoms with E-state index in [1.165, 1.54) is 5.56 Å². The van der Waals surface area contributed by atoms with Crippen LogP contribution in [-0.2, 0) is 13.0 Å². The summed E-state index contributed by atoms with van der Waals surface area (Å²) in [5, 5.41) is 6.09. The Bertz CT molecular complexity index is 671. The Kier molecular flexibility index (Phi) is 3.73. The standard InChI is InChI=1S/C16H15F3N2/c17-12-7-13(18)15(19)14(8-12)21-9-11-4-1-3-10-5-2-6-20-16(10)11/h1,3-4,7-8,20-21H,2,5-6,9H2. The van der Waals surface area contributed by atoms with E-state index >= 15 is 0 Å². The first-order chi connectivity index (χ1) is 10.1. The molecule has 0 saturated carbocycles. The molecular formula is C16H15F3N2. The van der Waals surface area contributed by atoms with Crippen LogP contribution in [0.25, 0.3) is 0 Å². The molecule has 2 N–H and O–H groups in total. The first-order valence-corrected chi connectivity index (χ1v) is 6.88. The van der Waals surface area contributed by atoms with Crippen molar-refractivity contribution < 1.29 is 13.2 Å². The molecule has 2 aromatic rings. The van der Waals surface area contributed by atoms with Gasteiger partial charge in [-0.1, -0.05) is 18.2 Å². The summed E-state index contributed by atoms with van der Waals surface area (Å²) < 4.78 is 39.9. The van der Waals surface area contributed by atoms with Crippen molar-refractivity contribution in [2.75, 3.05) is 17.2 Å². The third-order valence-electron chi connectivity index (χ3n) is 3.62. The van der Waals surface area contributed by atoms with Gasteiger partial charge in [0.05, 0.1) is 5.69 Å². The Morgan fingerprint density at radius 3 is 2.86 bits per heavy atom. The summed E-state index contributed by atoms with van der Waals surface area (Å²) in [5.74, 6) is -3.05. The normalized spacial score (nSPS) is 13.5. The fourth-order valence-corrected chi connectivity index (χ4v) is 2.60. The van der Waals surface area contributed by atoms with E-state index < -0.39 is 17.5 Å². The van der Waals surface area contributed by atoms with Gasteiger partial charge in [0.2, 0.25) is 0 Å². The predicted molar refractivity (Wildman–Crippen MR) is 76.9 cm³/mol. The number of rotatable bonds is 3. The average Bonchev–Trinajstić information content (AvgIpc) is 2.49. The first kappa shape index (κ1) is 13.8. The molecule has 0 bridgehead atoms. The largest absolute Gasteiger partial charge is 0.385 e. The van der Waals surface area contributed by atoms with E-state index in [2.05, 4.69) is 10.6 Å². The zero-order valence-electron chi connectivity index (χ0n) is 11.3. The summed E-state index contributed by atoms with van der Waals surface area (Å²) in [7, 11) is 0. The lowest BCUT2D eigenvalue weighted by Gasteiger charge is -2.21. The maximum atomic E-state index is 13.6. The number of nitrogens with one attached hydrogen (secondary N) is 2. The topological polar surface area (TPSA) is 24.1 Å². The zero-order valence-corrected chi connectivity index (χ0v) is 11.3. The molecule has 110 valence electrons. The summed E-state index contributed by atoms with van der Waals surface area (Å²) in [5.41, 5.74) is 3.04. The molecule has 2 aromatic carbocycles. The molecule has 5 heteroatoms. The van der Waals surface area contributed by atoms with Gasteiger partial charge in [-0.3, -0.25) is 0 Å². The second-order valence-electron chi connectivity index (χ2n) is 5.08. The van der Waals surface area contributed by atoms with Crippen molar-refractivity contribution in [2.24, 2.45) is 0 Å². The average molecular weight is 292 g/mol. The van der Waals surface area contributed by atoms with Gasteiger partial charge in [-0.25, -0.2) is 13.2 Å². The second-order valence-corrected chi connectivity index (χ2v) is 5.08. The Balaban J connectivity index is 1.83. The SMILES string of the molecule is Fc1cc(F)c(F)c(NCc2cccc3c2NCCC3)c1. The summed E-state index contributed by atoms with van der Waals surface area (Å²) >= 11 is 0. The summed E-state index contributed by atoms with van der Waals surface area (Å²) in [6, 6.07) is 7.39. The second kappa shape index (κ2) is 5.68. The molecule has 0 saturated heterocycles. The Labute approximate surface area is 121 Å². The van der Waals surface area contributed by atoms with E-state index in [9.17, 15) is 13.2 Å². The number of hydrogen-bond donors (Lipinski definition) is 2. The lowest BCUT2D eigenvalue weighted by Crippen LogP contribution is -2.15. The number of hydrogen-bond acceptors (Lipinski definition) is 2. The molecule has 0 spiro atoms. The zero-order chi connectivity index (χ0) is 14.8. The lowest BCUT2D eigenvalue weighted by atomic mass is 9.99. The monoisotopic (exact) mass is 292 g/mol. The minimum Gasteiger partial charge on any atom is -0.385 e. The number of benzene rings is 2. The van der Waals surface area contributed by atoms with Gasteiger partial charge in [-0.05, 0) is 24.0 Å². The van der Waals surface area contributed by atoms with E-state index in [1.54, 1.807) is 0 Å². The quantitative estimate of drug-likeness (QED) is 0.833. The van der Waals surface area contributed by atoms with Crippen LogP contribution in [0.4, 0.5) is 24.5 Å². The minimum atomic E-state index is -1.19. The molecule has 1 heterocycles. The predicted octanol–water partition coefficient (Wildman–Crippen LogP) is 4.07. The highest BCUT2D eigenvalue weighted by molar-refractivity contribution is 5.60. The van der Waals surface area contributed by atoms with Crippen molar-refractivity contribution >= 4 is 11.4 Å². The number of anilines is 2. The van der Waals surface area contributed by atoms with Crippen LogP contribution in [0.3, 0.4) is 0 Å². The van der Waals surface area contributed by atoms with Crippen LogP contribution in [0.15, 0.2) is 30.3 Å². The molecule has 1 aliphatic heterocycles. The first-order valence-electron chi connectivity index (χ1n) is 6.88. The van der Waals surface area contributed by atoms with Crippen molar-refractivity contribution in [2.45, 2.75) is 19.4 Å². The lowest BCUT2D eigenvalue weighted by molar-refractivity contribution is 0.497. The number of fused-ring (bicyclic) bond motifs is 1. The fourth-order valence-electron chi connectivity index (χ4n) is 2.60. The van der Waals surface area contributed by atoms with E-state index in [0.29, 0.717) is 12.6 Å². The van der Waals surface area contributed by atoms with Crippen LogP contribution in [0.2, 0.25) is 0 Å². The Morgan fingerprint density at radius 2 is 2.00 bits per heavy atom. The maximum absolute atomic E-state index is 13.6. The smallest absolute Gasteiger partial charge is 0.182 e. The van der Waals surface area contributed by atoms with Crippen LogP contribution in [0.1, 0.15) is 17.5 Å². The van der Waals surface area contributed by atoms with E-state index in [1.807, 2.05) is 18.2 Å². The van der Waals surface area contributed by atoms with Gasteiger partial charge in [-0.2, -0.15) is 0 Å². The maximum Gasteiger partial charge on any atom is 0.182 e. The van der Waals surface area contributed by atoms with Gasteiger partial charge < -0.3 is 10.6 Å². The minimum absolute atomic E-state index is 0.166. The molecular weight excluding hydrogens is 277 g/mol. The number of halogens is 3. The van der Waals surface area contributed by atoms with Crippen molar-refractivity contribution in [3.63, 3.8) is 0 Å². The Morgan fingerprint density at radius 1 is 1.14 bits per heavy atom. The van der Waals surface area contributed by atoms with Crippen molar-refractivity contribution in [1.82, 2.24) is 0 Å². The highest BCUT2D eigenvalue weighted by atomic mass is 19.2. The Hall–Kier alpha value is -2.17. The van der Waals surface area contributed by atoms with Crippen LogP contribution >= 0.6 is 0 Å². The fraction of sp³-hybridized carbons (Fsp3) is 0.250. The molecule has 1 aliphatic rings. The third-order valence-corrected chi connectivity index (χ3v) is 3.62. The van der Waals surface area contributed by atoms with Crippen molar-refractivity contribution in [3.8, 4) is 0 Å². The molecule has 0 aromatic heterocycles. The molecule has 0 atom stereocenters. The van der Waals surface area contributed by atoms with Crippen molar-refractivity contribution in [1.29, 1.82) is 0 Å². The van der Waals surface area contributed by atoms with Gasteiger partial charge in [0.25, 0.3) is 0 Å². The van der Waals surface area contributed by atoms with Gasteiger partial charge in [0, 0.05) is 30.9 Å². The molecule has 0 aliphatic carbocycles. The number of para-hydroxylation sites is 1. The molecule has 21 heavy (non-hydrogen) atoms. The summed E-state index contributed by atoms with van der Waals surface area (Å²) in [6.45, 7) is 1.20. The molecule has 0 unspecified atom stereocenters. The van der Waals surface area contributed by atoms with E-state index in [-0.39, 0.29) is 5.69 Å². The highest BCUT2D eigenvalue weighted by Crippen LogP contribution is 2.27. The van der Waals surface area contributed by atoms with Crippen molar-refractivity contribution in [3.05, 3.63) is 58.9 Å². The van der Waals surface area contributed by atoms with Crippen LogP contribution in [-0.4, -0.2) is 6.54 Å². The molecule has 0 amide bonds. The van der Waals surface area contributed by atoms with Crippen LogP contribution in [0.5, 0.6) is 0 Å². The van der Waals surface area contributed by atoms with E-state index in [0.717, 1.165) is 36.7 Å².